The van der Waals surface area contributed by atoms with Crippen LogP contribution in [0.5, 0.6) is 0 Å². The Labute approximate surface area is 99.5 Å². The number of hydrogen-bond donors (Lipinski definition) is 0. The van der Waals surface area contributed by atoms with Gasteiger partial charge in [0.15, 0.2) is 0 Å². The fraction of sp³-hybridized carbons (Fsp3) is 0.0667. The molecule has 17 heavy (non-hydrogen) atoms. The minimum absolute atomic E-state index is 0.807. The molecule has 2 heteroatoms. The zero-order chi connectivity index (χ0) is 11.5. The highest BCUT2D eigenvalue weighted by Crippen LogP contribution is 2.22. The van der Waals surface area contributed by atoms with Crippen LogP contribution in [0.4, 0.5) is 0 Å². The first-order valence-electron chi connectivity index (χ1n) is 5.57. The molecule has 3 rings (SSSR count). The van der Waals surface area contributed by atoms with E-state index in [1.165, 1.54) is 5.56 Å². The zero-order valence-corrected chi connectivity index (χ0v) is 9.30. The van der Waals surface area contributed by atoms with Gasteiger partial charge in [-0.25, -0.2) is 0 Å². The molecule has 84 valence electrons. The van der Waals surface area contributed by atoms with Gasteiger partial charge in [-0.05, 0) is 35.9 Å². The van der Waals surface area contributed by atoms with E-state index >= 15 is 0 Å². The van der Waals surface area contributed by atoms with Crippen LogP contribution in [-0.4, -0.2) is 0 Å². The molecule has 2 aromatic heterocycles. The van der Waals surface area contributed by atoms with Gasteiger partial charge in [0.1, 0.15) is 11.5 Å². The lowest BCUT2D eigenvalue weighted by molar-refractivity contribution is 0.521. The predicted octanol–water partition coefficient (Wildman–Crippen LogP) is 4.13. The Morgan fingerprint density at radius 3 is 2.47 bits per heavy atom. The Kier molecular flexibility index (Phi) is 2.54. The molecule has 0 aliphatic rings. The van der Waals surface area contributed by atoms with Gasteiger partial charge >= 0.3 is 0 Å². The van der Waals surface area contributed by atoms with Gasteiger partial charge in [0.2, 0.25) is 0 Å². The zero-order valence-electron chi connectivity index (χ0n) is 9.30. The molecule has 0 spiro atoms. The topological polar surface area (TPSA) is 26.3 Å². The first-order valence-corrected chi connectivity index (χ1v) is 5.57. The summed E-state index contributed by atoms with van der Waals surface area (Å²) in [6.07, 6.45) is 4.20. The van der Waals surface area contributed by atoms with Gasteiger partial charge in [-0.1, -0.05) is 18.2 Å². The van der Waals surface area contributed by atoms with Gasteiger partial charge in [-0.15, -0.1) is 0 Å². The third-order valence-corrected chi connectivity index (χ3v) is 2.69. The molecule has 0 aliphatic heterocycles. The standard InChI is InChI=1S/C15H12O2/c1-4-12(11-14-6-2-8-16-14)10-13(5-1)15-7-3-9-17-15/h1-10H,11H2. The second-order valence-electron chi connectivity index (χ2n) is 3.93. The SMILES string of the molecule is c1cc(Cc2ccco2)cc(-c2ccco2)c1. The molecule has 0 atom stereocenters. The highest BCUT2D eigenvalue weighted by Gasteiger charge is 2.03. The van der Waals surface area contributed by atoms with E-state index in [4.69, 9.17) is 8.83 Å². The molecule has 0 radical (unpaired) electrons. The molecule has 0 N–H and O–H groups in total. The van der Waals surface area contributed by atoms with Crippen LogP contribution >= 0.6 is 0 Å². The summed E-state index contributed by atoms with van der Waals surface area (Å²) in [5.41, 5.74) is 2.31. The number of furan rings is 2. The minimum Gasteiger partial charge on any atom is -0.469 e. The highest BCUT2D eigenvalue weighted by atomic mass is 16.3. The van der Waals surface area contributed by atoms with Gasteiger partial charge in [0, 0.05) is 12.0 Å². The van der Waals surface area contributed by atoms with Crippen LogP contribution in [0.15, 0.2) is 69.9 Å². The van der Waals surface area contributed by atoms with Crippen molar-refractivity contribution in [1.29, 1.82) is 0 Å². The summed E-state index contributed by atoms with van der Waals surface area (Å²) in [7, 11) is 0. The molecule has 0 bridgehead atoms. The first kappa shape index (κ1) is 9.97. The number of benzene rings is 1. The van der Waals surface area contributed by atoms with E-state index in [0.29, 0.717) is 0 Å². The van der Waals surface area contributed by atoms with E-state index < -0.39 is 0 Å². The smallest absolute Gasteiger partial charge is 0.133 e. The molecule has 0 aliphatic carbocycles. The molecule has 0 amide bonds. The summed E-state index contributed by atoms with van der Waals surface area (Å²) >= 11 is 0. The quantitative estimate of drug-likeness (QED) is 0.668. The molecule has 0 saturated carbocycles. The molecule has 0 fully saturated rings. The van der Waals surface area contributed by atoms with Crippen molar-refractivity contribution in [3.8, 4) is 11.3 Å². The first-order chi connectivity index (χ1) is 8.42. The van der Waals surface area contributed by atoms with E-state index in [-0.39, 0.29) is 0 Å². The normalized spacial score (nSPS) is 10.6. The summed E-state index contributed by atoms with van der Waals surface area (Å²) in [5.74, 6) is 1.87. The number of hydrogen-bond acceptors (Lipinski definition) is 2. The van der Waals surface area contributed by atoms with Crippen LogP contribution in [0.25, 0.3) is 11.3 Å². The molecular weight excluding hydrogens is 212 g/mol. The van der Waals surface area contributed by atoms with Crippen molar-refractivity contribution < 1.29 is 8.83 Å². The number of rotatable bonds is 3. The van der Waals surface area contributed by atoms with Crippen molar-refractivity contribution in [3.05, 3.63) is 72.4 Å². The molecule has 0 saturated heterocycles. The van der Waals surface area contributed by atoms with Crippen LogP contribution < -0.4 is 0 Å². The molecule has 3 aromatic rings. The Morgan fingerprint density at radius 2 is 1.71 bits per heavy atom. The Balaban J connectivity index is 1.89. The predicted molar refractivity (Wildman–Crippen MR) is 65.7 cm³/mol. The lowest BCUT2D eigenvalue weighted by Gasteiger charge is -2.01. The Morgan fingerprint density at radius 1 is 0.824 bits per heavy atom. The van der Waals surface area contributed by atoms with Crippen molar-refractivity contribution in [2.24, 2.45) is 0 Å². The molecule has 2 heterocycles. The van der Waals surface area contributed by atoms with Crippen LogP contribution in [0, 0.1) is 0 Å². The van der Waals surface area contributed by atoms with Gasteiger partial charge in [-0.2, -0.15) is 0 Å². The lowest BCUT2D eigenvalue weighted by atomic mass is 10.1. The third kappa shape index (κ3) is 2.16. The molecule has 1 aromatic carbocycles. The maximum absolute atomic E-state index is 5.39. The second kappa shape index (κ2) is 4.34. The summed E-state index contributed by atoms with van der Waals surface area (Å²) in [6.45, 7) is 0. The lowest BCUT2D eigenvalue weighted by Crippen LogP contribution is -1.86. The molecule has 0 unspecified atom stereocenters. The van der Waals surface area contributed by atoms with Crippen molar-refractivity contribution >= 4 is 0 Å². The maximum atomic E-state index is 5.39. The van der Waals surface area contributed by atoms with Crippen LogP contribution in [0.2, 0.25) is 0 Å². The van der Waals surface area contributed by atoms with Gasteiger partial charge in [0.05, 0.1) is 12.5 Å². The maximum Gasteiger partial charge on any atom is 0.133 e. The molecule has 2 nitrogen and oxygen atoms in total. The van der Waals surface area contributed by atoms with Crippen molar-refractivity contribution in [3.63, 3.8) is 0 Å². The van der Waals surface area contributed by atoms with Crippen LogP contribution in [0.1, 0.15) is 11.3 Å². The Bertz CT molecular complexity index is 577. The fourth-order valence-electron chi connectivity index (χ4n) is 1.89. The van der Waals surface area contributed by atoms with Gasteiger partial charge < -0.3 is 8.83 Å². The van der Waals surface area contributed by atoms with E-state index in [1.54, 1.807) is 12.5 Å². The largest absolute Gasteiger partial charge is 0.469 e. The summed E-state index contributed by atoms with van der Waals surface area (Å²) in [6, 6.07) is 16.1. The Hall–Kier alpha value is -2.22. The van der Waals surface area contributed by atoms with E-state index in [9.17, 15) is 0 Å². The van der Waals surface area contributed by atoms with Crippen LogP contribution in [-0.2, 0) is 6.42 Å². The highest BCUT2D eigenvalue weighted by molar-refractivity contribution is 5.58. The average molecular weight is 224 g/mol. The fourth-order valence-corrected chi connectivity index (χ4v) is 1.89. The van der Waals surface area contributed by atoms with Crippen LogP contribution in [0.3, 0.4) is 0 Å². The average Bonchev–Trinajstić information content (AvgIpc) is 3.01. The van der Waals surface area contributed by atoms with E-state index in [2.05, 4.69) is 12.1 Å². The van der Waals surface area contributed by atoms with Gasteiger partial charge in [0.25, 0.3) is 0 Å². The summed E-state index contributed by atoms with van der Waals surface area (Å²) in [5, 5.41) is 0. The minimum atomic E-state index is 0.807. The third-order valence-electron chi connectivity index (χ3n) is 2.69. The second-order valence-corrected chi connectivity index (χ2v) is 3.93. The van der Waals surface area contributed by atoms with Gasteiger partial charge in [-0.3, -0.25) is 0 Å². The summed E-state index contributed by atoms with van der Waals surface area (Å²) in [4.78, 5) is 0. The van der Waals surface area contributed by atoms with E-state index in [0.717, 1.165) is 23.5 Å². The van der Waals surface area contributed by atoms with Crippen molar-refractivity contribution in [2.75, 3.05) is 0 Å². The molecular formula is C15H12O2. The van der Waals surface area contributed by atoms with E-state index in [1.807, 2.05) is 36.4 Å². The van der Waals surface area contributed by atoms with Crippen molar-refractivity contribution in [2.45, 2.75) is 6.42 Å². The summed E-state index contributed by atoms with van der Waals surface area (Å²) < 4.78 is 10.7. The van der Waals surface area contributed by atoms with Crippen molar-refractivity contribution in [1.82, 2.24) is 0 Å². The monoisotopic (exact) mass is 224 g/mol.